The van der Waals surface area contributed by atoms with Gasteiger partial charge in [0.1, 0.15) is 11.6 Å². The van der Waals surface area contributed by atoms with Crippen LogP contribution in [0, 0.1) is 18.7 Å². The average molecular weight is 413 g/mol. The summed E-state index contributed by atoms with van der Waals surface area (Å²) in [6.07, 6.45) is 1.86. The lowest BCUT2D eigenvalue weighted by molar-refractivity contribution is 0.0633. The highest BCUT2D eigenvalue weighted by molar-refractivity contribution is 5.94. The maximum absolute atomic E-state index is 13.8. The number of likely N-dealkylation sites (tertiary alicyclic amines) is 1. The Balaban J connectivity index is 1.54. The number of rotatable bonds is 6. The SMILES string of the molecule is Cc1ccc(C(=O)N2CCC[C@@H](COc3ccc(C(=O)NC(C)C)cc3)C2)cc1F. The molecule has 1 N–H and O–H groups in total. The quantitative estimate of drug-likeness (QED) is 0.774. The standard InChI is InChI=1S/C24H29FN2O3/c1-16(2)26-23(28)19-8-10-21(11-9-19)30-15-18-5-4-12-27(14-18)24(29)20-7-6-17(3)22(25)13-20/h6-11,13,16,18H,4-5,12,14-15H2,1-3H3,(H,26,28)/t18-/m1/s1. The molecule has 0 radical (unpaired) electrons. The van der Waals surface area contributed by atoms with Crippen LogP contribution < -0.4 is 10.1 Å². The molecule has 1 saturated heterocycles. The third-order valence-electron chi connectivity index (χ3n) is 5.25. The van der Waals surface area contributed by atoms with Gasteiger partial charge in [-0.15, -0.1) is 0 Å². The van der Waals surface area contributed by atoms with Gasteiger partial charge in [-0.3, -0.25) is 9.59 Å². The van der Waals surface area contributed by atoms with Crippen LogP contribution in [0.1, 0.15) is 53.0 Å². The Hall–Kier alpha value is -2.89. The summed E-state index contributed by atoms with van der Waals surface area (Å²) in [5.41, 5.74) is 1.51. The number of piperidine rings is 1. The van der Waals surface area contributed by atoms with E-state index in [0.717, 1.165) is 12.8 Å². The number of hydrogen-bond acceptors (Lipinski definition) is 3. The van der Waals surface area contributed by atoms with E-state index in [2.05, 4.69) is 5.32 Å². The molecule has 0 saturated carbocycles. The van der Waals surface area contributed by atoms with Crippen LogP contribution in [0.15, 0.2) is 42.5 Å². The fourth-order valence-electron chi connectivity index (χ4n) is 3.56. The lowest BCUT2D eigenvalue weighted by Gasteiger charge is -2.32. The van der Waals surface area contributed by atoms with Crippen LogP contribution in [0.2, 0.25) is 0 Å². The monoisotopic (exact) mass is 412 g/mol. The van der Waals surface area contributed by atoms with Gasteiger partial charge in [0.2, 0.25) is 0 Å². The lowest BCUT2D eigenvalue weighted by atomic mass is 9.98. The highest BCUT2D eigenvalue weighted by atomic mass is 19.1. The summed E-state index contributed by atoms with van der Waals surface area (Å²) in [5.74, 6) is 0.301. The van der Waals surface area contributed by atoms with E-state index in [0.29, 0.717) is 42.1 Å². The zero-order valence-electron chi connectivity index (χ0n) is 17.8. The van der Waals surface area contributed by atoms with E-state index >= 15 is 0 Å². The van der Waals surface area contributed by atoms with Crippen molar-refractivity contribution in [3.05, 3.63) is 65.0 Å². The minimum Gasteiger partial charge on any atom is -0.493 e. The van der Waals surface area contributed by atoms with Gasteiger partial charge in [0.25, 0.3) is 11.8 Å². The number of benzene rings is 2. The fourth-order valence-corrected chi connectivity index (χ4v) is 3.56. The third-order valence-corrected chi connectivity index (χ3v) is 5.25. The second kappa shape index (κ2) is 9.74. The molecule has 2 aromatic carbocycles. The Kier molecular flexibility index (Phi) is 7.08. The predicted molar refractivity (Wildman–Crippen MR) is 114 cm³/mol. The normalized spacial score (nSPS) is 16.4. The molecule has 2 amide bonds. The van der Waals surface area contributed by atoms with Crippen molar-refractivity contribution >= 4 is 11.8 Å². The second-order valence-corrected chi connectivity index (χ2v) is 8.19. The van der Waals surface area contributed by atoms with Crippen LogP contribution in [-0.2, 0) is 0 Å². The van der Waals surface area contributed by atoms with Crippen LogP contribution >= 0.6 is 0 Å². The van der Waals surface area contributed by atoms with E-state index in [-0.39, 0.29) is 29.6 Å². The molecular formula is C24H29FN2O3. The van der Waals surface area contributed by atoms with E-state index in [9.17, 15) is 14.0 Å². The van der Waals surface area contributed by atoms with Crippen molar-refractivity contribution in [2.45, 2.75) is 39.7 Å². The average Bonchev–Trinajstić information content (AvgIpc) is 2.74. The van der Waals surface area contributed by atoms with Gasteiger partial charge in [-0.1, -0.05) is 6.07 Å². The topological polar surface area (TPSA) is 58.6 Å². The number of aryl methyl sites for hydroxylation is 1. The summed E-state index contributed by atoms with van der Waals surface area (Å²) in [6.45, 7) is 7.27. The van der Waals surface area contributed by atoms with Crippen LogP contribution in [0.25, 0.3) is 0 Å². The zero-order valence-corrected chi connectivity index (χ0v) is 17.8. The van der Waals surface area contributed by atoms with Gasteiger partial charge in [0.15, 0.2) is 0 Å². The smallest absolute Gasteiger partial charge is 0.253 e. The summed E-state index contributed by atoms with van der Waals surface area (Å²) >= 11 is 0. The summed E-state index contributed by atoms with van der Waals surface area (Å²) in [6, 6.07) is 11.8. The highest BCUT2D eigenvalue weighted by Gasteiger charge is 2.25. The molecular weight excluding hydrogens is 383 g/mol. The molecule has 0 unspecified atom stereocenters. The van der Waals surface area contributed by atoms with E-state index in [4.69, 9.17) is 4.74 Å². The summed E-state index contributed by atoms with van der Waals surface area (Å²) in [7, 11) is 0. The van der Waals surface area contributed by atoms with Gasteiger partial charge in [0, 0.05) is 36.2 Å². The molecule has 3 rings (SSSR count). The summed E-state index contributed by atoms with van der Waals surface area (Å²) in [4.78, 5) is 26.5. The van der Waals surface area contributed by atoms with Gasteiger partial charge in [-0.25, -0.2) is 4.39 Å². The molecule has 1 heterocycles. The minimum atomic E-state index is -0.358. The van der Waals surface area contributed by atoms with Gasteiger partial charge in [-0.05, 0) is 75.6 Å². The minimum absolute atomic E-state index is 0.0850. The largest absolute Gasteiger partial charge is 0.493 e. The fraction of sp³-hybridized carbons (Fsp3) is 0.417. The van der Waals surface area contributed by atoms with Crippen LogP contribution in [0.4, 0.5) is 4.39 Å². The first kappa shape index (κ1) is 21.8. The van der Waals surface area contributed by atoms with Gasteiger partial charge < -0.3 is 15.0 Å². The number of hydrogen-bond donors (Lipinski definition) is 1. The second-order valence-electron chi connectivity index (χ2n) is 8.19. The molecule has 1 fully saturated rings. The first-order valence-electron chi connectivity index (χ1n) is 10.4. The van der Waals surface area contributed by atoms with Crippen molar-refractivity contribution < 1.29 is 18.7 Å². The van der Waals surface area contributed by atoms with Crippen molar-refractivity contribution in [3.63, 3.8) is 0 Å². The van der Waals surface area contributed by atoms with Crippen molar-refractivity contribution in [2.24, 2.45) is 5.92 Å². The number of carbonyl (C=O) groups is 2. The van der Waals surface area contributed by atoms with Gasteiger partial charge >= 0.3 is 0 Å². The molecule has 160 valence electrons. The molecule has 0 bridgehead atoms. The molecule has 0 aliphatic carbocycles. The Labute approximate surface area is 177 Å². The number of nitrogens with zero attached hydrogens (tertiary/aromatic N) is 1. The molecule has 6 heteroatoms. The first-order chi connectivity index (χ1) is 14.3. The van der Waals surface area contributed by atoms with Crippen molar-refractivity contribution in [3.8, 4) is 5.75 Å². The van der Waals surface area contributed by atoms with Crippen LogP contribution in [0.3, 0.4) is 0 Å². The Morgan fingerprint density at radius 1 is 1.17 bits per heavy atom. The zero-order chi connectivity index (χ0) is 21.7. The molecule has 30 heavy (non-hydrogen) atoms. The molecule has 2 aromatic rings. The number of halogens is 1. The van der Waals surface area contributed by atoms with E-state index in [1.165, 1.54) is 6.07 Å². The molecule has 1 atom stereocenters. The van der Waals surface area contributed by atoms with Crippen molar-refractivity contribution in [1.29, 1.82) is 0 Å². The predicted octanol–water partition coefficient (Wildman–Crippen LogP) is 4.20. The van der Waals surface area contributed by atoms with Crippen molar-refractivity contribution in [1.82, 2.24) is 10.2 Å². The Morgan fingerprint density at radius 2 is 1.87 bits per heavy atom. The number of carbonyl (C=O) groups excluding carboxylic acids is 2. The van der Waals surface area contributed by atoms with E-state index in [1.807, 2.05) is 13.8 Å². The highest BCUT2D eigenvalue weighted by Crippen LogP contribution is 2.21. The third kappa shape index (κ3) is 5.59. The van der Waals surface area contributed by atoms with E-state index < -0.39 is 0 Å². The van der Waals surface area contributed by atoms with Crippen LogP contribution in [-0.4, -0.2) is 42.5 Å². The van der Waals surface area contributed by atoms with Crippen LogP contribution in [0.5, 0.6) is 5.75 Å². The Morgan fingerprint density at radius 3 is 2.53 bits per heavy atom. The number of amides is 2. The summed E-state index contributed by atoms with van der Waals surface area (Å²) < 4.78 is 19.7. The molecule has 5 nitrogen and oxygen atoms in total. The number of nitrogens with one attached hydrogen (secondary N) is 1. The molecule has 0 spiro atoms. The summed E-state index contributed by atoms with van der Waals surface area (Å²) in [5, 5.41) is 2.86. The van der Waals surface area contributed by atoms with E-state index in [1.54, 1.807) is 48.2 Å². The van der Waals surface area contributed by atoms with Gasteiger partial charge in [-0.2, -0.15) is 0 Å². The maximum atomic E-state index is 13.8. The Bertz CT molecular complexity index is 896. The first-order valence-corrected chi connectivity index (χ1v) is 10.4. The molecule has 1 aliphatic rings. The lowest BCUT2D eigenvalue weighted by Crippen LogP contribution is -2.41. The van der Waals surface area contributed by atoms with Gasteiger partial charge in [0.05, 0.1) is 6.61 Å². The number of ether oxygens (including phenoxy) is 1. The molecule has 1 aliphatic heterocycles. The van der Waals surface area contributed by atoms with Crippen molar-refractivity contribution in [2.75, 3.05) is 19.7 Å². The maximum Gasteiger partial charge on any atom is 0.253 e. The molecule has 0 aromatic heterocycles.